The highest BCUT2D eigenvalue weighted by Crippen LogP contribution is 2.33. The van der Waals surface area contributed by atoms with Crippen LogP contribution in [0.15, 0.2) is 63.5 Å². The number of hydrogen-bond donors (Lipinski definition) is 0. The maximum Gasteiger partial charge on any atom is 0.338 e. The summed E-state index contributed by atoms with van der Waals surface area (Å²) in [5, 5.41) is 11.4. The number of esters is 1. The van der Waals surface area contributed by atoms with Gasteiger partial charge in [-0.05, 0) is 43.2 Å². The van der Waals surface area contributed by atoms with Crippen LogP contribution in [-0.4, -0.2) is 28.9 Å². The molecule has 2 aromatic carbocycles. The van der Waals surface area contributed by atoms with Crippen LogP contribution in [0.1, 0.15) is 31.0 Å². The van der Waals surface area contributed by atoms with Gasteiger partial charge in [0.25, 0.3) is 11.2 Å². The Morgan fingerprint density at radius 2 is 2.09 bits per heavy atom. The van der Waals surface area contributed by atoms with Gasteiger partial charge in [0.1, 0.15) is 0 Å². The van der Waals surface area contributed by atoms with E-state index in [0.29, 0.717) is 32.1 Å². The number of fused-ring (bicyclic) bond motifs is 2. The van der Waals surface area contributed by atoms with Gasteiger partial charge in [0.2, 0.25) is 6.79 Å². The lowest BCUT2D eigenvalue weighted by atomic mass is 9.95. The van der Waals surface area contributed by atoms with Gasteiger partial charge in [0.05, 0.1) is 33.4 Å². The molecule has 0 fully saturated rings. The Morgan fingerprint density at radius 1 is 1.29 bits per heavy atom. The van der Waals surface area contributed by atoms with Crippen molar-refractivity contribution in [3.05, 3.63) is 94.7 Å². The van der Waals surface area contributed by atoms with Gasteiger partial charge in [0, 0.05) is 12.1 Å². The summed E-state index contributed by atoms with van der Waals surface area (Å²) in [5.74, 6) is 0.584. The third kappa shape index (κ3) is 3.99. The number of carbonyl (C=O) groups is 1. The zero-order valence-corrected chi connectivity index (χ0v) is 19.5. The summed E-state index contributed by atoms with van der Waals surface area (Å²) in [4.78, 5) is 42.3. The van der Waals surface area contributed by atoms with E-state index >= 15 is 0 Å². The number of nitro groups is 1. The van der Waals surface area contributed by atoms with Gasteiger partial charge in [-0.1, -0.05) is 29.5 Å². The maximum atomic E-state index is 13.6. The molecule has 178 valence electrons. The molecule has 1 atom stereocenters. The molecule has 0 radical (unpaired) electrons. The lowest BCUT2D eigenvalue weighted by molar-refractivity contribution is -0.384. The Morgan fingerprint density at radius 3 is 2.86 bits per heavy atom. The molecule has 0 bridgehead atoms. The largest absolute Gasteiger partial charge is 0.463 e. The van der Waals surface area contributed by atoms with Gasteiger partial charge < -0.3 is 14.2 Å². The first-order valence-corrected chi connectivity index (χ1v) is 11.5. The molecule has 0 saturated heterocycles. The van der Waals surface area contributed by atoms with E-state index in [0.717, 1.165) is 5.56 Å². The lowest BCUT2D eigenvalue weighted by Crippen LogP contribution is -2.39. The van der Waals surface area contributed by atoms with Crippen LogP contribution in [0.25, 0.3) is 6.08 Å². The SMILES string of the molecule is CCOC(=O)C1=C(C)N=c2s/c(=C\c3ccc4c(c3)OCO4)c(=O)n2C1c1cccc([N+](=O)[O-])c1. The molecular weight excluding hydrogens is 474 g/mol. The van der Waals surface area contributed by atoms with Crippen molar-refractivity contribution < 1.29 is 23.9 Å². The van der Waals surface area contributed by atoms with Crippen LogP contribution in [0, 0.1) is 10.1 Å². The molecule has 0 N–H and O–H groups in total. The fourth-order valence-corrected chi connectivity index (χ4v) is 5.12. The van der Waals surface area contributed by atoms with Crippen molar-refractivity contribution in [1.82, 2.24) is 4.57 Å². The van der Waals surface area contributed by atoms with Gasteiger partial charge in [-0.25, -0.2) is 9.79 Å². The molecule has 2 aliphatic rings. The van der Waals surface area contributed by atoms with Crippen LogP contribution in [0.5, 0.6) is 11.5 Å². The second-order valence-electron chi connectivity index (χ2n) is 7.77. The third-order valence-corrected chi connectivity index (χ3v) is 6.59. The average molecular weight is 493 g/mol. The van der Waals surface area contributed by atoms with Crippen molar-refractivity contribution in [3.63, 3.8) is 0 Å². The molecule has 1 aromatic heterocycles. The first-order chi connectivity index (χ1) is 16.9. The van der Waals surface area contributed by atoms with Crippen LogP contribution < -0.4 is 24.4 Å². The fraction of sp³-hybridized carbons (Fsp3) is 0.208. The summed E-state index contributed by atoms with van der Waals surface area (Å²) >= 11 is 1.17. The van der Waals surface area contributed by atoms with Crippen molar-refractivity contribution in [2.24, 2.45) is 4.99 Å². The predicted molar refractivity (Wildman–Crippen MR) is 126 cm³/mol. The molecule has 0 saturated carbocycles. The Balaban J connectivity index is 1.71. The maximum absolute atomic E-state index is 13.6. The lowest BCUT2D eigenvalue weighted by Gasteiger charge is -2.24. The number of benzene rings is 2. The number of hydrogen-bond acceptors (Lipinski definition) is 9. The normalized spacial score (nSPS) is 16.6. The first-order valence-electron chi connectivity index (χ1n) is 10.7. The Bertz CT molecular complexity index is 1590. The van der Waals surface area contributed by atoms with Crippen LogP contribution in [0.2, 0.25) is 0 Å². The van der Waals surface area contributed by atoms with E-state index in [9.17, 15) is 19.7 Å². The van der Waals surface area contributed by atoms with Gasteiger partial charge in [-0.15, -0.1) is 0 Å². The number of nitro benzene ring substituents is 1. The molecule has 0 aliphatic carbocycles. The highest BCUT2D eigenvalue weighted by molar-refractivity contribution is 7.07. The van der Waals surface area contributed by atoms with E-state index in [1.165, 1.54) is 34.1 Å². The summed E-state index contributed by atoms with van der Waals surface area (Å²) in [6.45, 7) is 3.61. The van der Waals surface area contributed by atoms with Gasteiger partial charge >= 0.3 is 5.97 Å². The number of thiazole rings is 1. The standard InChI is InChI=1S/C24H19N3O7S/c1-3-32-23(29)20-13(2)25-24-26(21(20)15-5-4-6-16(11-15)27(30)31)22(28)19(35-24)10-14-7-8-17-18(9-14)34-12-33-17/h4-11,21H,3,12H2,1-2H3/b19-10-. The zero-order valence-electron chi connectivity index (χ0n) is 18.7. The number of aromatic nitrogens is 1. The highest BCUT2D eigenvalue weighted by atomic mass is 32.1. The highest BCUT2D eigenvalue weighted by Gasteiger charge is 2.34. The molecule has 5 rings (SSSR count). The zero-order chi connectivity index (χ0) is 24.7. The second kappa shape index (κ2) is 8.84. The molecule has 3 aromatic rings. The van der Waals surface area contributed by atoms with E-state index in [2.05, 4.69) is 4.99 Å². The van der Waals surface area contributed by atoms with Crippen LogP contribution in [0.3, 0.4) is 0 Å². The van der Waals surface area contributed by atoms with E-state index in [1.807, 2.05) is 0 Å². The van der Waals surface area contributed by atoms with Crippen molar-refractivity contribution >= 4 is 29.1 Å². The number of ether oxygens (including phenoxy) is 3. The van der Waals surface area contributed by atoms with Gasteiger partial charge in [-0.3, -0.25) is 19.5 Å². The smallest absolute Gasteiger partial charge is 0.338 e. The minimum Gasteiger partial charge on any atom is -0.463 e. The molecule has 0 spiro atoms. The Hall–Kier alpha value is -4.25. The molecule has 2 aliphatic heterocycles. The number of carbonyl (C=O) groups excluding carboxylic acids is 1. The van der Waals surface area contributed by atoms with Crippen LogP contribution in [-0.2, 0) is 9.53 Å². The molecule has 35 heavy (non-hydrogen) atoms. The van der Waals surface area contributed by atoms with E-state index < -0.39 is 16.9 Å². The van der Waals surface area contributed by atoms with E-state index in [-0.39, 0.29) is 30.2 Å². The van der Waals surface area contributed by atoms with E-state index in [1.54, 1.807) is 44.2 Å². The van der Waals surface area contributed by atoms with Gasteiger partial charge in [0.15, 0.2) is 16.3 Å². The number of rotatable bonds is 5. The molecule has 10 nitrogen and oxygen atoms in total. The predicted octanol–water partition coefficient (Wildman–Crippen LogP) is 2.44. The Labute approximate surface area is 202 Å². The van der Waals surface area contributed by atoms with E-state index in [4.69, 9.17) is 14.2 Å². The summed E-state index contributed by atoms with van der Waals surface area (Å²) in [6, 6.07) is 10.3. The van der Waals surface area contributed by atoms with Crippen LogP contribution >= 0.6 is 11.3 Å². The summed E-state index contributed by atoms with van der Waals surface area (Å²) in [6.07, 6.45) is 1.71. The monoisotopic (exact) mass is 493 g/mol. The molecular formula is C24H19N3O7S. The number of non-ortho nitro benzene ring substituents is 1. The molecule has 11 heteroatoms. The van der Waals surface area contributed by atoms with Crippen molar-refractivity contribution in [2.45, 2.75) is 19.9 Å². The summed E-state index contributed by atoms with van der Waals surface area (Å²) in [5.41, 5.74) is 1.16. The van der Waals surface area contributed by atoms with Crippen molar-refractivity contribution in [3.8, 4) is 11.5 Å². The topological polar surface area (TPSA) is 122 Å². The van der Waals surface area contributed by atoms with Gasteiger partial charge in [-0.2, -0.15) is 0 Å². The molecule has 3 heterocycles. The summed E-state index contributed by atoms with van der Waals surface area (Å²) in [7, 11) is 0. The molecule has 1 unspecified atom stereocenters. The van der Waals surface area contributed by atoms with Crippen molar-refractivity contribution in [1.29, 1.82) is 0 Å². The molecule has 0 amide bonds. The third-order valence-electron chi connectivity index (χ3n) is 5.61. The average Bonchev–Trinajstić information content (AvgIpc) is 3.42. The number of allylic oxidation sites excluding steroid dienone is 1. The van der Waals surface area contributed by atoms with Crippen LogP contribution in [0.4, 0.5) is 5.69 Å². The minimum absolute atomic E-state index is 0.131. The summed E-state index contributed by atoms with van der Waals surface area (Å²) < 4.78 is 17.8. The quantitative estimate of drug-likeness (QED) is 0.304. The minimum atomic E-state index is -0.927. The fourth-order valence-electron chi connectivity index (χ4n) is 4.07. The Kier molecular flexibility index (Phi) is 5.69. The number of nitrogens with zero attached hydrogens (tertiary/aromatic N) is 3. The van der Waals surface area contributed by atoms with Crippen molar-refractivity contribution in [2.75, 3.05) is 13.4 Å². The first kappa shape index (κ1) is 22.5. The second-order valence-corrected chi connectivity index (χ2v) is 8.78.